The largest absolute Gasteiger partial charge is 0.481 e. The van der Waals surface area contributed by atoms with Gasteiger partial charge in [-0.3, -0.25) is 19.2 Å². The van der Waals surface area contributed by atoms with Crippen molar-refractivity contribution in [2.24, 2.45) is 17.4 Å². The highest BCUT2D eigenvalue weighted by Gasteiger charge is 2.32. The van der Waals surface area contributed by atoms with Gasteiger partial charge in [0, 0.05) is 0 Å². The van der Waals surface area contributed by atoms with Crippen LogP contribution in [0, 0.1) is 5.92 Å². The smallest absolute Gasteiger partial charge is 0.326 e. The molecule has 0 aromatic carbocycles. The fourth-order valence-corrected chi connectivity index (χ4v) is 3.32. The lowest BCUT2D eigenvalue weighted by atomic mass is 10.0. The van der Waals surface area contributed by atoms with Gasteiger partial charge in [-0.1, -0.05) is 20.3 Å². The first-order chi connectivity index (χ1) is 15.4. The Morgan fingerprint density at radius 1 is 0.879 bits per heavy atom. The van der Waals surface area contributed by atoms with Crippen LogP contribution in [0.3, 0.4) is 0 Å². The summed E-state index contributed by atoms with van der Waals surface area (Å²) in [4.78, 5) is 60.4. The molecule has 9 N–H and O–H groups in total. The van der Waals surface area contributed by atoms with Crippen LogP contribution in [0.2, 0.25) is 0 Å². The summed E-state index contributed by atoms with van der Waals surface area (Å²) in [5.74, 6) is -4.86. The molecule has 4 atom stereocenters. The summed E-state index contributed by atoms with van der Waals surface area (Å²) in [5, 5.41) is 25.6. The van der Waals surface area contributed by atoms with Crippen LogP contribution in [-0.4, -0.2) is 82.6 Å². The van der Waals surface area contributed by atoms with Crippen molar-refractivity contribution in [3.63, 3.8) is 0 Å². The molecule has 33 heavy (non-hydrogen) atoms. The van der Waals surface area contributed by atoms with Crippen molar-refractivity contribution >= 4 is 41.4 Å². The van der Waals surface area contributed by atoms with Gasteiger partial charge in [-0.15, -0.1) is 0 Å². The normalized spacial score (nSPS) is 14.6. The Labute approximate surface area is 198 Å². The zero-order valence-corrected chi connectivity index (χ0v) is 20.2. The van der Waals surface area contributed by atoms with Gasteiger partial charge >= 0.3 is 11.9 Å². The summed E-state index contributed by atoms with van der Waals surface area (Å²) in [6.07, 6.45) is 3.01. The van der Waals surface area contributed by atoms with Gasteiger partial charge in [0.2, 0.25) is 17.7 Å². The number of carbonyl (C=O) groups excluding carboxylic acids is 3. The predicted octanol–water partition coefficient (Wildman–Crippen LogP) is -1.13. The summed E-state index contributed by atoms with van der Waals surface area (Å²) in [7, 11) is 0. The predicted molar refractivity (Wildman–Crippen MR) is 124 cm³/mol. The van der Waals surface area contributed by atoms with Crippen LogP contribution in [0.25, 0.3) is 0 Å². The number of carboxylic acid groups (broad SMARTS) is 2. The van der Waals surface area contributed by atoms with Crippen molar-refractivity contribution in [3.8, 4) is 0 Å². The van der Waals surface area contributed by atoms with Crippen LogP contribution in [-0.2, 0) is 24.0 Å². The first-order valence-electron chi connectivity index (χ1n) is 10.7. The number of thioether (sulfide) groups is 1. The zero-order chi connectivity index (χ0) is 25.6. The average Bonchev–Trinajstić information content (AvgIpc) is 2.73. The third kappa shape index (κ3) is 12.4. The number of amides is 3. The lowest BCUT2D eigenvalue weighted by molar-refractivity contribution is -0.144. The first kappa shape index (κ1) is 30.6. The van der Waals surface area contributed by atoms with E-state index in [1.807, 2.05) is 6.26 Å². The van der Waals surface area contributed by atoms with E-state index in [9.17, 15) is 29.1 Å². The number of nitrogens with one attached hydrogen (secondary N) is 3. The van der Waals surface area contributed by atoms with Gasteiger partial charge in [-0.2, -0.15) is 11.8 Å². The van der Waals surface area contributed by atoms with E-state index in [1.165, 1.54) is 11.8 Å². The molecule has 0 rings (SSSR count). The summed E-state index contributed by atoms with van der Waals surface area (Å²) in [5.41, 5.74) is 11.3. The molecule has 0 bridgehead atoms. The lowest BCUT2D eigenvalue weighted by Crippen LogP contribution is -2.58. The Morgan fingerprint density at radius 2 is 1.45 bits per heavy atom. The molecule has 3 amide bonds. The Kier molecular flexibility index (Phi) is 15.1. The van der Waals surface area contributed by atoms with Crippen LogP contribution >= 0.6 is 11.8 Å². The van der Waals surface area contributed by atoms with Gasteiger partial charge in [0.25, 0.3) is 0 Å². The number of rotatable bonds is 17. The van der Waals surface area contributed by atoms with E-state index in [4.69, 9.17) is 16.6 Å². The zero-order valence-electron chi connectivity index (χ0n) is 19.3. The van der Waals surface area contributed by atoms with Crippen molar-refractivity contribution in [3.05, 3.63) is 0 Å². The maximum absolute atomic E-state index is 12.8. The molecule has 0 aromatic heterocycles. The quantitative estimate of drug-likeness (QED) is 0.121. The number of unbranched alkanes of at least 4 members (excludes halogenated alkanes) is 1. The number of hydrogen-bond donors (Lipinski definition) is 7. The molecule has 0 heterocycles. The van der Waals surface area contributed by atoms with Crippen molar-refractivity contribution < 1.29 is 34.2 Å². The highest BCUT2D eigenvalue weighted by molar-refractivity contribution is 7.98. The van der Waals surface area contributed by atoms with Crippen LogP contribution in [0.5, 0.6) is 0 Å². The van der Waals surface area contributed by atoms with Crippen LogP contribution in [0.15, 0.2) is 0 Å². The number of nitrogens with two attached hydrogens (primary N) is 2. The second-order valence-corrected chi connectivity index (χ2v) is 8.95. The summed E-state index contributed by atoms with van der Waals surface area (Å²) in [6, 6.07) is -4.68. The Balaban J connectivity index is 5.39. The Morgan fingerprint density at radius 3 is 1.94 bits per heavy atom. The minimum atomic E-state index is -1.53. The SMILES string of the molecule is CSCCC(NC(=O)C(N)CCCCN)C(=O)NC(CC(=O)O)C(=O)NC(C(=O)O)C(C)C. The number of carboxylic acids is 2. The third-order valence-corrected chi connectivity index (χ3v) is 5.44. The van der Waals surface area contributed by atoms with Gasteiger partial charge in [0.1, 0.15) is 18.1 Å². The molecule has 0 aliphatic carbocycles. The number of aliphatic carboxylic acids is 2. The highest BCUT2D eigenvalue weighted by Crippen LogP contribution is 2.07. The van der Waals surface area contributed by atoms with Crippen molar-refractivity contribution in [1.29, 1.82) is 0 Å². The molecule has 0 radical (unpaired) electrons. The van der Waals surface area contributed by atoms with Gasteiger partial charge in [0.15, 0.2) is 0 Å². The van der Waals surface area contributed by atoms with E-state index >= 15 is 0 Å². The van der Waals surface area contributed by atoms with E-state index in [1.54, 1.807) is 13.8 Å². The summed E-state index contributed by atoms with van der Waals surface area (Å²) in [6.45, 7) is 3.63. The molecular weight excluding hydrogens is 454 g/mol. The molecule has 13 heteroatoms. The van der Waals surface area contributed by atoms with Crippen molar-refractivity contribution in [2.45, 2.75) is 70.1 Å². The molecule has 190 valence electrons. The average molecular weight is 492 g/mol. The van der Waals surface area contributed by atoms with E-state index in [0.717, 1.165) is 0 Å². The topological polar surface area (TPSA) is 214 Å². The molecule has 0 spiro atoms. The Hall–Kier alpha value is -2.38. The van der Waals surface area contributed by atoms with Gasteiger partial charge in [-0.25, -0.2) is 4.79 Å². The molecule has 0 aliphatic heterocycles. The van der Waals surface area contributed by atoms with E-state index < -0.39 is 66.2 Å². The second kappa shape index (κ2) is 16.3. The molecule has 0 saturated carbocycles. The third-order valence-electron chi connectivity index (χ3n) is 4.79. The first-order valence-corrected chi connectivity index (χ1v) is 12.1. The van der Waals surface area contributed by atoms with Crippen LogP contribution in [0.4, 0.5) is 0 Å². The highest BCUT2D eigenvalue weighted by atomic mass is 32.2. The van der Waals surface area contributed by atoms with E-state index in [0.29, 0.717) is 31.6 Å². The lowest BCUT2D eigenvalue weighted by Gasteiger charge is -2.25. The molecule has 0 saturated heterocycles. The number of carbonyl (C=O) groups is 5. The minimum absolute atomic E-state index is 0.222. The van der Waals surface area contributed by atoms with Crippen LogP contribution in [0.1, 0.15) is 46.0 Å². The van der Waals surface area contributed by atoms with Crippen LogP contribution < -0.4 is 27.4 Å². The molecule has 0 aromatic rings. The molecule has 12 nitrogen and oxygen atoms in total. The fourth-order valence-electron chi connectivity index (χ4n) is 2.85. The second-order valence-electron chi connectivity index (χ2n) is 7.96. The van der Waals surface area contributed by atoms with Crippen molar-refractivity contribution in [1.82, 2.24) is 16.0 Å². The monoisotopic (exact) mass is 491 g/mol. The minimum Gasteiger partial charge on any atom is -0.481 e. The molecular formula is C20H37N5O7S. The van der Waals surface area contributed by atoms with Gasteiger partial charge in [0.05, 0.1) is 12.5 Å². The van der Waals surface area contributed by atoms with E-state index in [2.05, 4.69) is 16.0 Å². The maximum Gasteiger partial charge on any atom is 0.326 e. The van der Waals surface area contributed by atoms with E-state index in [-0.39, 0.29) is 6.42 Å². The van der Waals surface area contributed by atoms with Crippen molar-refractivity contribution in [2.75, 3.05) is 18.6 Å². The Bertz CT molecular complexity index is 677. The summed E-state index contributed by atoms with van der Waals surface area (Å²) < 4.78 is 0. The van der Waals surface area contributed by atoms with Gasteiger partial charge < -0.3 is 37.6 Å². The summed E-state index contributed by atoms with van der Waals surface area (Å²) >= 11 is 1.44. The van der Waals surface area contributed by atoms with Gasteiger partial charge in [-0.05, 0) is 43.7 Å². The maximum atomic E-state index is 12.8. The molecule has 0 aliphatic rings. The number of hydrogen-bond acceptors (Lipinski definition) is 8. The molecule has 4 unspecified atom stereocenters. The molecule has 0 fully saturated rings. The standard InChI is InChI=1S/C20H37N5O7S/c1-11(2)16(20(31)32)25-19(30)14(10-15(26)27)24-18(29)13(7-9-33-3)23-17(28)12(22)6-4-5-8-21/h11-14,16H,4-10,21-22H2,1-3H3,(H,23,28)(H,24,29)(H,25,30)(H,26,27)(H,31,32). The fraction of sp³-hybridized carbons (Fsp3) is 0.750.